The van der Waals surface area contributed by atoms with E-state index >= 15 is 0 Å². The summed E-state index contributed by atoms with van der Waals surface area (Å²) in [5.74, 6) is -3.00. The predicted octanol–water partition coefficient (Wildman–Crippen LogP) is 13.0. The van der Waals surface area contributed by atoms with E-state index < -0.39 is 22.4 Å². The van der Waals surface area contributed by atoms with Crippen molar-refractivity contribution in [2.75, 3.05) is 0 Å². The Balaban J connectivity index is 0.000000182. The minimum atomic E-state index is -0.828. The van der Waals surface area contributed by atoms with Gasteiger partial charge in [-0.25, -0.2) is 15.0 Å². The Bertz CT molecular complexity index is 3850. The van der Waals surface area contributed by atoms with Crippen LogP contribution in [0.3, 0.4) is 0 Å². The molecular weight excluding hydrogens is 1290 g/mol. The maximum atomic E-state index is 12.0. The maximum Gasteiger partial charge on any atom is 0.263 e. The zero-order valence-electron chi connectivity index (χ0n) is 38.0. The van der Waals surface area contributed by atoms with Crippen LogP contribution in [0.4, 0.5) is 0 Å². The van der Waals surface area contributed by atoms with Crippen LogP contribution in [-0.4, -0.2) is 66.0 Å². The number of rotatable bonds is 6. The van der Waals surface area contributed by atoms with Gasteiger partial charge in [-0.3, -0.25) is 14.4 Å². The lowest BCUT2D eigenvalue weighted by Gasteiger charge is -2.11. The highest BCUT2D eigenvalue weighted by molar-refractivity contribution is 9.11. The van der Waals surface area contributed by atoms with Crippen LogP contribution in [-0.2, 0) is 0 Å². The third-order valence-electron chi connectivity index (χ3n) is 10.6. The second kappa shape index (κ2) is 23.8. The predicted molar refractivity (Wildman–Crippen MR) is 310 cm³/mol. The normalized spacial score (nSPS) is 11.3. The lowest BCUT2D eigenvalue weighted by atomic mass is 10.1. The van der Waals surface area contributed by atoms with Crippen LogP contribution in [0.1, 0.15) is 56.0 Å². The van der Waals surface area contributed by atoms with Gasteiger partial charge < -0.3 is 51.1 Å². The van der Waals surface area contributed by atoms with Gasteiger partial charge in [0.1, 0.15) is 15.0 Å². The lowest BCUT2D eigenvalue weighted by Crippen LogP contribution is -2.07. The van der Waals surface area contributed by atoms with Gasteiger partial charge in [-0.1, -0.05) is 41.6 Å². The van der Waals surface area contributed by atoms with E-state index in [4.69, 9.17) is 0 Å². The Hall–Kier alpha value is -6.86. The summed E-state index contributed by atoms with van der Waals surface area (Å²) in [7, 11) is 0. The first-order valence-electron chi connectivity index (χ1n) is 20.9. The number of halogens is 4. The second-order valence-electron chi connectivity index (χ2n) is 15.7. The summed E-state index contributed by atoms with van der Waals surface area (Å²) in [6.07, 6.45) is 13.2. The molecule has 0 amide bonds. The molecule has 3 heterocycles. The molecule has 16 nitrogen and oxygen atoms in total. The van der Waals surface area contributed by atoms with Crippen LogP contribution < -0.4 is 16.3 Å². The summed E-state index contributed by atoms with van der Waals surface area (Å²) in [4.78, 5) is 49.9. The lowest BCUT2D eigenvalue weighted by molar-refractivity contribution is 0.401. The molecule has 0 aromatic heterocycles. The topological polar surface area (TPSA) is 292 Å². The SMILES string of the molecule is C.Cc1c(Br)c2cnc(/C=C/c3cc(O)c(O)c(Br)c3)sc-2c(O)c1=O.Cc1nc(/C=C/c2ccc(O)c(O)c2Br)sc2c(O)c(=O)c(C)cc1-2.O=c1c(O)cc2cnc(/C=C/c3cc(O)c(O)cc3Br)sc-2c1O. The molecule has 0 saturated heterocycles. The molecular formula is C52H39Br4N3O13S3. The maximum absolute atomic E-state index is 12.0. The second-order valence-corrected chi connectivity index (χ2v) is 22.1. The Morgan fingerprint density at radius 1 is 0.467 bits per heavy atom. The molecule has 10 N–H and O–H groups in total. The molecule has 3 aromatic carbocycles. The minimum absolute atomic E-state index is 0. The molecule has 0 unspecified atom stereocenters. The number of hydrogen-bond donors (Lipinski definition) is 10. The van der Waals surface area contributed by atoms with E-state index in [2.05, 4.69) is 78.7 Å². The van der Waals surface area contributed by atoms with Gasteiger partial charge in [0.15, 0.2) is 57.5 Å². The molecule has 0 saturated carbocycles. The monoisotopic (exact) mass is 1320 g/mol. The number of nitrogens with zero attached hydrogens (tertiary/aromatic N) is 3. The van der Waals surface area contributed by atoms with Gasteiger partial charge in [-0.15, -0.1) is 34.0 Å². The van der Waals surface area contributed by atoms with Crippen molar-refractivity contribution in [3.63, 3.8) is 0 Å². The van der Waals surface area contributed by atoms with Gasteiger partial charge in [0, 0.05) is 54.9 Å². The van der Waals surface area contributed by atoms with Gasteiger partial charge in [0.25, 0.3) is 5.43 Å². The number of phenols is 10. The van der Waals surface area contributed by atoms with E-state index in [1.807, 2.05) is 6.92 Å². The van der Waals surface area contributed by atoms with Crippen LogP contribution in [0.15, 0.2) is 93.2 Å². The molecule has 0 radical (unpaired) electrons. The minimum Gasteiger partial charge on any atom is -0.504 e. The highest BCUT2D eigenvalue weighted by Gasteiger charge is 2.21. The molecule has 3 aliphatic carbocycles. The number of phenolic OH excluding ortho intramolecular Hbond substituents is 10. The van der Waals surface area contributed by atoms with Crippen molar-refractivity contribution in [2.24, 2.45) is 0 Å². The van der Waals surface area contributed by atoms with E-state index in [1.165, 1.54) is 59.2 Å². The number of aromatic hydroxyl groups is 10. The Labute approximate surface area is 471 Å². The van der Waals surface area contributed by atoms with Gasteiger partial charge >= 0.3 is 0 Å². The first-order chi connectivity index (χ1) is 34.9. The fraction of sp³-hybridized carbons (Fsp3) is 0.0769. The van der Waals surface area contributed by atoms with Crippen molar-refractivity contribution < 1.29 is 51.1 Å². The molecule has 23 heteroatoms. The molecule has 386 valence electrons. The van der Waals surface area contributed by atoms with E-state index in [1.54, 1.807) is 74.7 Å². The molecule has 0 fully saturated rings. The third-order valence-corrected chi connectivity index (χ3v) is 17.0. The molecule has 0 spiro atoms. The van der Waals surface area contributed by atoms with Gasteiger partial charge in [0.2, 0.25) is 10.9 Å². The van der Waals surface area contributed by atoms with E-state index in [9.17, 15) is 65.4 Å². The quantitative estimate of drug-likeness (QED) is 0.0692. The highest BCUT2D eigenvalue weighted by atomic mass is 79.9. The van der Waals surface area contributed by atoms with Crippen molar-refractivity contribution in [1.29, 1.82) is 0 Å². The van der Waals surface area contributed by atoms with Gasteiger partial charge in [-0.05, 0) is 152 Å². The first kappa shape index (κ1) is 57.4. The number of hydrogen-bond acceptors (Lipinski definition) is 19. The van der Waals surface area contributed by atoms with Crippen molar-refractivity contribution >= 4 is 134 Å². The number of aryl methyl sites for hydroxylation is 2. The number of aromatic nitrogens is 3. The zero-order chi connectivity index (χ0) is 54.0. The largest absolute Gasteiger partial charge is 0.504 e. The Morgan fingerprint density at radius 2 is 1.04 bits per heavy atom. The number of fused-ring (bicyclic) bond motifs is 3. The van der Waals surface area contributed by atoms with Crippen molar-refractivity contribution in [3.8, 4) is 88.8 Å². The van der Waals surface area contributed by atoms with Crippen LogP contribution >= 0.6 is 97.7 Å². The van der Waals surface area contributed by atoms with Crippen molar-refractivity contribution in [3.05, 3.63) is 158 Å². The fourth-order valence-corrected chi connectivity index (χ4v) is 11.5. The summed E-state index contributed by atoms with van der Waals surface area (Å²) in [5.41, 5.74) is 3.79. The third kappa shape index (κ3) is 12.5. The van der Waals surface area contributed by atoms with Gasteiger partial charge in [0.05, 0.1) is 23.6 Å². The smallest absolute Gasteiger partial charge is 0.263 e. The molecule has 0 atom stereocenters. The summed E-state index contributed by atoms with van der Waals surface area (Å²) >= 11 is 16.5. The highest BCUT2D eigenvalue weighted by Crippen LogP contribution is 2.42. The van der Waals surface area contributed by atoms with Gasteiger partial charge in [-0.2, -0.15) is 0 Å². The molecule has 0 bridgehead atoms. The van der Waals surface area contributed by atoms with Crippen LogP contribution in [0.25, 0.3) is 67.8 Å². The Kier molecular flexibility index (Phi) is 18.2. The van der Waals surface area contributed by atoms with Crippen molar-refractivity contribution in [2.45, 2.75) is 28.2 Å². The molecule has 75 heavy (non-hydrogen) atoms. The van der Waals surface area contributed by atoms with E-state index in [0.29, 0.717) is 92.2 Å². The zero-order valence-corrected chi connectivity index (χ0v) is 46.8. The first-order valence-corrected chi connectivity index (χ1v) is 26.5. The molecule has 9 rings (SSSR count). The summed E-state index contributed by atoms with van der Waals surface area (Å²) in [5, 5.41) is 98.7. The standard InChI is InChI=1S/C18H14BrNO4S.C17H11Br2NO4S.C16H10BrNO5S.CH4/c1-8-7-11-9(2)20-13(25-18(11)17(24)15(8)22)6-4-10-3-5-12(21)16(23)14(10)19;1-7-13(19)9-6-20-12(25-17(9)16(24)14(7)22)3-2-8-4-10(18)15(23)11(21)5-8;17-9-5-11(20)10(19)3-7(9)1-2-13-18-6-8-4-12(21)14(22)15(23)16(8)24-13;/h3-7,21,23-24H,1-2H3;2-6,21,23-24H,1H3;1-6,19-21,23H;1H4/b6-4+;3-2+;2-1+;. The Morgan fingerprint density at radius 3 is 1.73 bits per heavy atom. The van der Waals surface area contributed by atoms with E-state index in [0.717, 1.165) is 16.9 Å². The van der Waals surface area contributed by atoms with Crippen LogP contribution in [0.5, 0.6) is 57.5 Å². The molecule has 3 aliphatic heterocycles. The molecule has 3 aromatic rings. The summed E-state index contributed by atoms with van der Waals surface area (Å²) in [6, 6.07) is 11.8. The van der Waals surface area contributed by atoms with Crippen LogP contribution in [0.2, 0.25) is 0 Å². The van der Waals surface area contributed by atoms with Crippen LogP contribution in [0, 0.1) is 20.8 Å². The fourth-order valence-electron chi connectivity index (χ4n) is 6.69. The van der Waals surface area contributed by atoms with E-state index in [-0.39, 0.29) is 58.9 Å². The summed E-state index contributed by atoms with van der Waals surface area (Å²) in [6.45, 7) is 5.12. The number of benzene rings is 6. The summed E-state index contributed by atoms with van der Waals surface area (Å²) < 4.78 is 1.94. The average Bonchev–Trinajstić information content (AvgIpc) is 3.37. The molecule has 6 aliphatic rings. The van der Waals surface area contributed by atoms with Crippen molar-refractivity contribution in [1.82, 2.24) is 15.0 Å². The average molecular weight is 1330 g/mol.